The van der Waals surface area contributed by atoms with Crippen molar-refractivity contribution in [3.8, 4) is 0 Å². The Kier molecular flexibility index (Phi) is 7.84. The van der Waals surface area contributed by atoms with Crippen molar-refractivity contribution in [3.63, 3.8) is 0 Å². The lowest BCUT2D eigenvalue weighted by atomic mass is 9.93. The normalized spacial score (nSPS) is 22.0. The summed E-state index contributed by atoms with van der Waals surface area (Å²) in [6.07, 6.45) is 3.40. The number of allylic oxidation sites excluding steroid dienone is 1. The highest BCUT2D eigenvalue weighted by atomic mass is 19.4. The molecule has 1 aromatic heterocycles. The Labute approximate surface area is 234 Å². The number of hydrogen-bond donors (Lipinski definition) is 2. The molecule has 1 saturated heterocycles. The Morgan fingerprint density at radius 3 is 2.73 bits per heavy atom. The topological polar surface area (TPSA) is 122 Å². The molecule has 1 aromatic carbocycles. The number of fused-ring (bicyclic) bond motifs is 1. The SMILES string of the molecule is COCCC(=O)N1CCCC(C2=C3C=NC=C[N+]3(N)C(c3ccc(C(=O)Nc4cc(C(F)(F)F)ccn4)cc3)=N2)C1. The van der Waals surface area contributed by atoms with Gasteiger partial charge in [0.2, 0.25) is 11.6 Å². The highest BCUT2D eigenvalue weighted by molar-refractivity contribution is 6.05. The van der Waals surface area contributed by atoms with Gasteiger partial charge < -0.3 is 15.0 Å². The first kappa shape index (κ1) is 28.3. The number of aromatic nitrogens is 1. The Balaban J connectivity index is 1.36. The molecule has 3 aliphatic heterocycles. The monoisotopic (exact) mass is 568 g/mol. The van der Waals surface area contributed by atoms with Gasteiger partial charge in [-0.15, -0.1) is 4.59 Å². The third-order valence-corrected chi connectivity index (χ3v) is 7.24. The highest BCUT2D eigenvalue weighted by Gasteiger charge is 2.46. The molecule has 3 N–H and O–H groups in total. The maximum absolute atomic E-state index is 13.0. The molecule has 1 fully saturated rings. The van der Waals surface area contributed by atoms with E-state index >= 15 is 0 Å². The molecule has 0 spiro atoms. The number of pyridine rings is 1. The van der Waals surface area contributed by atoms with E-state index in [1.54, 1.807) is 50.0 Å². The van der Waals surface area contributed by atoms with Crippen molar-refractivity contribution in [1.29, 1.82) is 0 Å². The number of methoxy groups -OCH3 is 1. The van der Waals surface area contributed by atoms with Gasteiger partial charge in [0.25, 0.3) is 11.7 Å². The number of carbonyl (C=O) groups is 2. The number of nitrogens with two attached hydrogens (primary N) is 1. The maximum Gasteiger partial charge on any atom is 0.416 e. The lowest BCUT2D eigenvalue weighted by Crippen LogP contribution is -2.53. The van der Waals surface area contributed by atoms with Gasteiger partial charge in [0.05, 0.1) is 36.6 Å². The molecule has 10 nitrogen and oxygen atoms in total. The number of rotatable bonds is 7. The van der Waals surface area contributed by atoms with Crippen molar-refractivity contribution < 1.29 is 32.1 Å². The van der Waals surface area contributed by atoms with Gasteiger partial charge >= 0.3 is 6.18 Å². The van der Waals surface area contributed by atoms with E-state index < -0.39 is 17.6 Å². The minimum atomic E-state index is -4.55. The number of nitrogens with one attached hydrogen (secondary N) is 1. The third-order valence-electron chi connectivity index (χ3n) is 7.24. The lowest BCUT2D eigenvalue weighted by molar-refractivity contribution is -0.750. The molecule has 0 bridgehead atoms. The molecule has 0 aliphatic carbocycles. The molecule has 2 amide bonds. The fraction of sp³-hybridized carbons (Fsp3) is 0.321. The summed E-state index contributed by atoms with van der Waals surface area (Å²) in [5.74, 6) is 6.54. The van der Waals surface area contributed by atoms with Crippen LogP contribution in [0.2, 0.25) is 0 Å². The van der Waals surface area contributed by atoms with E-state index in [1.165, 1.54) is 0 Å². The summed E-state index contributed by atoms with van der Waals surface area (Å²) in [5.41, 5.74) is 1.43. The van der Waals surface area contributed by atoms with Crippen LogP contribution in [0, 0.1) is 5.92 Å². The second-order valence-corrected chi connectivity index (χ2v) is 9.94. The van der Waals surface area contributed by atoms with E-state index in [0.717, 1.165) is 36.9 Å². The Morgan fingerprint density at radius 1 is 1.22 bits per heavy atom. The summed E-state index contributed by atoms with van der Waals surface area (Å²) in [6.45, 7) is 1.55. The number of anilines is 1. The molecule has 0 radical (unpaired) electrons. The van der Waals surface area contributed by atoms with Crippen LogP contribution in [0.4, 0.5) is 19.0 Å². The van der Waals surface area contributed by atoms with Crippen LogP contribution in [0.1, 0.15) is 40.7 Å². The van der Waals surface area contributed by atoms with E-state index in [9.17, 15) is 22.8 Å². The van der Waals surface area contributed by atoms with Gasteiger partial charge in [-0.3, -0.25) is 14.6 Å². The summed E-state index contributed by atoms with van der Waals surface area (Å²) in [4.78, 5) is 40.3. The largest absolute Gasteiger partial charge is 0.416 e. The summed E-state index contributed by atoms with van der Waals surface area (Å²) in [7, 11) is 1.56. The smallest absolute Gasteiger partial charge is 0.384 e. The van der Waals surface area contributed by atoms with Crippen molar-refractivity contribution in [1.82, 2.24) is 9.88 Å². The standard InChI is InChI=1S/C28H28F3N7O3/c1-41-14-9-24(39)37-12-2-3-20(17-37)25-22-16-33-11-13-38(22,32)26(36-25)18-4-6-19(7-5-18)27(40)35-23-15-21(8-10-34-23)28(29,30)31/h4-8,10-11,13,15-16,20H,2-3,9,12,14,17,32H2,1H3/p+1. The van der Waals surface area contributed by atoms with Gasteiger partial charge in [-0.1, -0.05) is 0 Å². The number of piperidine rings is 1. The summed E-state index contributed by atoms with van der Waals surface area (Å²) in [6, 6.07) is 8.06. The van der Waals surface area contributed by atoms with E-state index in [2.05, 4.69) is 15.3 Å². The second-order valence-electron chi connectivity index (χ2n) is 9.94. The quantitative estimate of drug-likeness (QED) is 0.388. The van der Waals surface area contributed by atoms with Gasteiger partial charge in [0, 0.05) is 37.9 Å². The molecule has 2 atom stereocenters. The van der Waals surface area contributed by atoms with Crippen molar-refractivity contribution in [2.45, 2.75) is 25.4 Å². The third kappa shape index (κ3) is 5.82. The number of alkyl halides is 3. The number of hydrogen-bond acceptors (Lipinski definition) is 7. The van der Waals surface area contributed by atoms with Crippen LogP contribution in [0.5, 0.6) is 0 Å². The van der Waals surface area contributed by atoms with Crippen LogP contribution in [0.25, 0.3) is 0 Å². The van der Waals surface area contributed by atoms with Crippen molar-refractivity contribution in [2.24, 2.45) is 21.7 Å². The molecule has 2 unspecified atom stereocenters. The van der Waals surface area contributed by atoms with E-state index in [1.807, 2.05) is 4.90 Å². The van der Waals surface area contributed by atoms with Gasteiger partial charge in [-0.25, -0.2) is 4.98 Å². The number of amidine groups is 1. The van der Waals surface area contributed by atoms with E-state index in [-0.39, 0.29) is 27.8 Å². The Bertz CT molecular complexity index is 1470. The van der Waals surface area contributed by atoms with Crippen molar-refractivity contribution >= 4 is 29.7 Å². The molecule has 41 heavy (non-hydrogen) atoms. The highest BCUT2D eigenvalue weighted by Crippen LogP contribution is 2.37. The van der Waals surface area contributed by atoms with Gasteiger partial charge in [0.1, 0.15) is 17.7 Å². The second kappa shape index (κ2) is 11.4. The molecule has 13 heteroatoms. The first-order valence-electron chi connectivity index (χ1n) is 13.0. The predicted molar refractivity (Wildman–Crippen MR) is 145 cm³/mol. The van der Waals surface area contributed by atoms with E-state index in [0.29, 0.717) is 43.2 Å². The Hall–Kier alpha value is -4.20. The van der Waals surface area contributed by atoms with Crippen molar-refractivity contribution in [2.75, 3.05) is 32.1 Å². The van der Waals surface area contributed by atoms with Crippen LogP contribution < -0.4 is 11.2 Å². The molecular formula is C28H29F3N7O3+. The zero-order valence-corrected chi connectivity index (χ0v) is 22.3. The first-order chi connectivity index (χ1) is 19.6. The van der Waals surface area contributed by atoms with Gasteiger partial charge in [0.15, 0.2) is 0 Å². The van der Waals surface area contributed by atoms with Crippen LogP contribution in [-0.2, 0) is 15.7 Å². The minimum absolute atomic E-state index is 0.0317. The number of benzene rings is 1. The number of quaternary nitrogens is 1. The fourth-order valence-electron chi connectivity index (χ4n) is 5.11. The minimum Gasteiger partial charge on any atom is -0.384 e. The zero-order valence-electron chi connectivity index (χ0n) is 22.3. The van der Waals surface area contributed by atoms with Crippen LogP contribution in [-0.4, -0.2) is 65.1 Å². The molecule has 4 heterocycles. The van der Waals surface area contributed by atoms with Crippen LogP contribution in [0.3, 0.4) is 0 Å². The summed E-state index contributed by atoms with van der Waals surface area (Å²) >= 11 is 0. The number of ether oxygens (including phenoxy) is 1. The molecule has 0 saturated carbocycles. The van der Waals surface area contributed by atoms with Crippen LogP contribution >= 0.6 is 0 Å². The Morgan fingerprint density at radius 2 is 2.00 bits per heavy atom. The molecule has 2 aromatic rings. The lowest BCUT2D eigenvalue weighted by Gasteiger charge is -2.33. The molecule has 3 aliphatic rings. The maximum atomic E-state index is 13.0. The average Bonchev–Trinajstić information content (AvgIpc) is 3.28. The average molecular weight is 569 g/mol. The fourth-order valence-corrected chi connectivity index (χ4v) is 5.11. The summed E-state index contributed by atoms with van der Waals surface area (Å²) in [5, 5.41) is 2.40. The summed E-state index contributed by atoms with van der Waals surface area (Å²) < 4.78 is 43.9. The van der Waals surface area contributed by atoms with Crippen molar-refractivity contribution in [3.05, 3.63) is 83.1 Å². The number of halogens is 3. The van der Waals surface area contributed by atoms with Gasteiger partial charge in [-0.2, -0.15) is 24.0 Å². The number of amides is 2. The first-order valence-corrected chi connectivity index (χ1v) is 13.0. The predicted octanol–water partition coefficient (Wildman–Crippen LogP) is 3.85. The molecular weight excluding hydrogens is 539 g/mol. The number of likely N-dealkylation sites (tertiary alicyclic amines) is 1. The number of nitrogens with zero attached hydrogens (tertiary/aromatic N) is 5. The number of aliphatic imine (C=N–C) groups is 2. The zero-order chi connectivity index (χ0) is 29.2. The molecule has 5 rings (SSSR count). The number of carbonyl (C=O) groups excluding carboxylic acids is 2. The van der Waals surface area contributed by atoms with Gasteiger partial charge in [-0.05, 0) is 49.2 Å². The van der Waals surface area contributed by atoms with Crippen LogP contribution in [0.15, 0.2) is 76.4 Å². The van der Waals surface area contributed by atoms with E-state index in [4.69, 9.17) is 15.6 Å². The molecule has 214 valence electrons.